The smallest absolute Gasteiger partial charge is 0.417 e. The van der Waals surface area contributed by atoms with Gasteiger partial charge in [-0.1, -0.05) is 13.0 Å². The molecule has 3 aromatic rings. The zero-order valence-electron chi connectivity index (χ0n) is 16.3. The number of aryl methyl sites for hydroxylation is 1. The average Bonchev–Trinajstić information content (AvgIpc) is 3.22. The fourth-order valence-corrected chi connectivity index (χ4v) is 3.26. The van der Waals surface area contributed by atoms with Crippen LogP contribution in [0.15, 0.2) is 48.8 Å². The minimum absolute atomic E-state index is 0.181. The van der Waals surface area contributed by atoms with Gasteiger partial charge in [-0.3, -0.25) is 4.98 Å². The number of pyridine rings is 2. The first kappa shape index (κ1) is 20.1. The molecule has 0 saturated carbocycles. The van der Waals surface area contributed by atoms with Crippen molar-refractivity contribution in [3.05, 3.63) is 60.0 Å². The Kier molecular flexibility index (Phi) is 5.52. The van der Waals surface area contributed by atoms with E-state index in [-0.39, 0.29) is 12.0 Å². The number of hydrogen-bond acceptors (Lipinski definition) is 6. The number of nitrogens with zero attached hydrogens (tertiary/aromatic N) is 5. The fourth-order valence-electron chi connectivity index (χ4n) is 3.26. The van der Waals surface area contributed by atoms with Gasteiger partial charge in [0.25, 0.3) is 0 Å². The summed E-state index contributed by atoms with van der Waals surface area (Å²) in [5.74, 6) is 1.54. The van der Waals surface area contributed by atoms with E-state index in [4.69, 9.17) is 4.74 Å². The molecule has 0 aliphatic carbocycles. The van der Waals surface area contributed by atoms with Gasteiger partial charge in [0.2, 0.25) is 5.88 Å². The van der Waals surface area contributed by atoms with Gasteiger partial charge in [-0.25, -0.2) is 15.0 Å². The Balaban J connectivity index is 1.48. The van der Waals surface area contributed by atoms with Gasteiger partial charge < -0.3 is 9.64 Å². The highest BCUT2D eigenvalue weighted by atomic mass is 19.4. The minimum atomic E-state index is -4.41. The highest BCUT2D eigenvalue weighted by Gasteiger charge is 2.31. The third-order valence-electron chi connectivity index (χ3n) is 4.84. The molecule has 0 radical (unpaired) electrons. The predicted molar refractivity (Wildman–Crippen MR) is 105 cm³/mol. The lowest BCUT2D eigenvalue weighted by atomic mass is 10.2. The quantitative estimate of drug-likeness (QED) is 0.623. The van der Waals surface area contributed by atoms with Crippen LogP contribution in [0.5, 0.6) is 5.88 Å². The maximum absolute atomic E-state index is 12.7. The lowest BCUT2D eigenvalue weighted by Gasteiger charge is -2.19. The monoisotopic (exact) mass is 415 g/mol. The number of rotatable bonds is 5. The molecule has 1 aliphatic rings. The first-order chi connectivity index (χ1) is 14.4. The summed E-state index contributed by atoms with van der Waals surface area (Å²) in [6, 6.07) is 9.78. The molecular formula is C21H20F3N5O. The Morgan fingerprint density at radius 1 is 1.13 bits per heavy atom. The maximum Gasteiger partial charge on any atom is 0.417 e. The van der Waals surface area contributed by atoms with Gasteiger partial charge in [0.05, 0.1) is 12.1 Å². The van der Waals surface area contributed by atoms with E-state index < -0.39 is 11.7 Å². The minimum Gasteiger partial charge on any atom is -0.472 e. The summed E-state index contributed by atoms with van der Waals surface area (Å²) in [6.45, 7) is 3.30. The summed E-state index contributed by atoms with van der Waals surface area (Å²) in [6.07, 6.45) is -0.628. The molecule has 1 aliphatic heterocycles. The molecule has 9 heteroatoms. The Morgan fingerprint density at radius 2 is 2.00 bits per heavy atom. The molecule has 0 spiro atoms. The zero-order valence-corrected chi connectivity index (χ0v) is 16.3. The Bertz CT molecular complexity index is 996. The highest BCUT2D eigenvalue weighted by Crippen LogP contribution is 2.30. The number of hydrogen-bond donors (Lipinski definition) is 0. The van der Waals surface area contributed by atoms with Crippen molar-refractivity contribution in [3.63, 3.8) is 0 Å². The van der Waals surface area contributed by atoms with E-state index in [1.54, 1.807) is 6.20 Å². The number of halogens is 3. The van der Waals surface area contributed by atoms with Crippen molar-refractivity contribution in [1.82, 2.24) is 19.9 Å². The van der Waals surface area contributed by atoms with Crippen LogP contribution in [0.4, 0.5) is 19.0 Å². The van der Waals surface area contributed by atoms with E-state index in [2.05, 4.69) is 24.8 Å². The third-order valence-corrected chi connectivity index (χ3v) is 4.84. The van der Waals surface area contributed by atoms with Crippen LogP contribution in [0.3, 0.4) is 0 Å². The van der Waals surface area contributed by atoms with Crippen molar-refractivity contribution in [1.29, 1.82) is 0 Å². The lowest BCUT2D eigenvalue weighted by molar-refractivity contribution is -0.137. The molecule has 3 aromatic heterocycles. The van der Waals surface area contributed by atoms with Crippen molar-refractivity contribution in [2.24, 2.45) is 0 Å². The van der Waals surface area contributed by atoms with E-state index in [1.807, 2.05) is 31.2 Å². The molecule has 0 amide bonds. The molecule has 0 bridgehead atoms. The van der Waals surface area contributed by atoms with Gasteiger partial charge in [0, 0.05) is 43.2 Å². The van der Waals surface area contributed by atoms with Crippen molar-refractivity contribution in [2.45, 2.75) is 32.0 Å². The summed E-state index contributed by atoms with van der Waals surface area (Å²) >= 11 is 0. The summed E-state index contributed by atoms with van der Waals surface area (Å²) in [5, 5.41) is 0. The molecule has 1 atom stereocenters. The van der Waals surface area contributed by atoms with Crippen LogP contribution in [-0.2, 0) is 12.6 Å². The van der Waals surface area contributed by atoms with Crippen LogP contribution in [0.25, 0.3) is 11.5 Å². The van der Waals surface area contributed by atoms with Gasteiger partial charge in [0.15, 0.2) is 5.82 Å². The number of aromatic nitrogens is 4. The summed E-state index contributed by atoms with van der Waals surface area (Å²) in [7, 11) is 0. The van der Waals surface area contributed by atoms with Crippen molar-refractivity contribution < 1.29 is 17.9 Å². The van der Waals surface area contributed by atoms with Crippen LogP contribution in [-0.4, -0.2) is 39.1 Å². The summed E-state index contributed by atoms with van der Waals surface area (Å²) < 4.78 is 43.8. The lowest BCUT2D eigenvalue weighted by Crippen LogP contribution is -2.26. The molecule has 30 heavy (non-hydrogen) atoms. The van der Waals surface area contributed by atoms with Crippen LogP contribution in [0, 0.1) is 0 Å². The number of alkyl halides is 3. The molecule has 0 aromatic carbocycles. The molecular weight excluding hydrogens is 395 g/mol. The largest absolute Gasteiger partial charge is 0.472 e. The molecule has 1 unspecified atom stereocenters. The second-order valence-corrected chi connectivity index (χ2v) is 6.97. The highest BCUT2D eigenvalue weighted by molar-refractivity contribution is 5.54. The summed E-state index contributed by atoms with van der Waals surface area (Å²) in [4.78, 5) is 19.5. The average molecular weight is 415 g/mol. The molecule has 4 rings (SSSR count). The second kappa shape index (κ2) is 8.25. The maximum atomic E-state index is 12.7. The molecule has 0 N–H and O–H groups in total. The third kappa shape index (κ3) is 4.50. The zero-order chi connectivity index (χ0) is 21.1. The first-order valence-corrected chi connectivity index (χ1v) is 9.66. The molecule has 6 nitrogen and oxygen atoms in total. The fraction of sp³-hybridized carbons (Fsp3) is 0.333. The first-order valence-electron chi connectivity index (χ1n) is 9.66. The van der Waals surface area contributed by atoms with E-state index in [1.165, 1.54) is 6.07 Å². The van der Waals surface area contributed by atoms with E-state index in [0.717, 1.165) is 30.2 Å². The van der Waals surface area contributed by atoms with E-state index >= 15 is 0 Å². The SMILES string of the molecule is CCc1cc(N2CCC(Oc3ccc(C(F)(F)F)cn3)C2)nc(-c2ccccn2)n1. The predicted octanol–water partition coefficient (Wildman–Crippen LogP) is 4.17. The van der Waals surface area contributed by atoms with Crippen molar-refractivity contribution >= 4 is 5.82 Å². The van der Waals surface area contributed by atoms with Crippen LogP contribution < -0.4 is 9.64 Å². The van der Waals surface area contributed by atoms with Gasteiger partial charge in [-0.15, -0.1) is 0 Å². The second-order valence-electron chi connectivity index (χ2n) is 6.97. The van der Waals surface area contributed by atoms with E-state index in [9.17, 15) is 13.2 Å². The normalized spacial score (nSPS) is 16.7. The van der Waals surface area contributed by atoms with E-state index in [0.29, 0.717) is 31.0 Å². The van der Waals surface area contributed by atoms with Crippen LogP contribution in [0.1, 0.15) is 24.6 Å². The van der Waals surface area contributed by atoms with Gasteiger partial charge in [0.1, 0.15) is 17.6 Å². The van der Waals surface area contributed by atoms with Gasteiger partial charge in [-0.2, -0.15) is 13.2 Å². The molecule has 156 valence electrons. The topological polar surface area (TPSA) is 64.0 Å². The molecule has 4 heterocycles. The Labute approximate surface area is 171 Å². The Morgan fingerprint density at radius 3 is 2.67 bits per heavy atom. The standard InChI is InChI=1S/C21H20F3N5O/c1-2-15-11-18(28-20(27-15)17-5-3-4-9-25-17)29-10-8-16(13-29)30-19-7-6-14(12-26-19)21(22,23)24/h3-7,9,11-12,16H,2,8,10,13H2,1H3. The molecule has 1 saturated heterocycles. The summed E-state index contributed by atoms with van der Waals surface area (Å²) in [5.41, 5.74) is 0.822. The van der Waals surface area contributed by atoms with Crippen molar-refractivity contribution in [2.75, 3.05) is 18.0 Å². The number of anilines is 1. The Hall–Kier alpha value is -3.23. The van der Waals surface area contributed by atoms with Gasteiger partial charge in [-0.05, 0) is 24.6 Å². The van der Waals surface area contributed by atoms with Crippen LogP contribution in [0.2, 0.25) is 0 Å². The van der Waals surface area contributed by atoms with Crippen molar-refractivity contribution in [3.8, 4) is 17.4 Å². The van der Waals surface area contributed by atoms with Crippen LogP contribution >= 0.6 is 0 Å². The van der Waals surface area contributed by atoms with Gasteiger partial charge >= 0.3 is 6.18 Å². The molecule has 1 fully saturated rings. The number of ether oxygens (including phenoxy) is 1.